The van der Waals surface area contributed by atoms with Gasteiger partial charge in [0.2, 0.25) is 0 Å². The van der Waals surface area contributed by atoms with Crippen molar-refractivity contribution in [2.45, 2.75) is 44.9 Å². The summed E-state index contributed by atoms with van der Waals surface area (Å²) in [4.78, 5) is 0. The highest BCUT2D eigenvalue weighted by Crippen LogP contribution is 2.41. The first-order valence-electron chi connectivity index (χ1n) is 6.59. The van der Waals surface area contributed by atoms with E-state index in [9.17, 15) is 4.57 Å². The van der Waals surface area contributed by atoms with Crippen molar-refractivity contribution < 1.29 is 4.57 Å². The molecular weight excluding hydrogens is 227 g/mol. The third kappa shape index (κ3) is 2.65. The summed E-state index contributed by atoms with van der Waals surface area (Å²) in [6, 6.07) is 6.62. The predicted octanol–water partition coefficient (Wildman–Crippen LogP) is 4.33. The maximum absolute atomic E-state index is 12.3. The average Bonchev–Trinajstić information content (AvgIpc) is 2.13. The van der Waals surface area contributed by atoms with Gasteiger partial charge in [-0.2, -0.15) is 0 Å². The molecule has 0 bridgehead atoms. The number of rotatable bonds is 3. The molecule has 0 spiro atoms. The summed E-state index contributed by atoms with van der Waals surface area (Å²) in [5, 5.41) is 1.08. The predicted molar refractivity (Wildman–Crippen MR) is 76.2 cm³/mol. The van der Waals surface area contributed by atoms with E-state index in [2.05, 4.69) is 32.0 Å². The van der Waals surface area contributed by atoms with Crippen LogP contribution in [0.1, 0.15) is 56.1 Å². The molecule has 0 saturated heterocycles. The highest BCUT2D eigenvalue weighted by Gasteiger charge is 2.23. The van der Waals surface area contributed by atoms with Gasteiger partial charge in [-0.3, -0.25) is 0 Å². The van der Waals surface area contributed by atoms with E-state index in [0.29, 0.717) is 5.92 Å². The fraction of sp³-hybridized carbons (Fsp3) is 0.600. The zero-order chi connectivity index (χ0) is 12.6. The average molecular weight is 250 g/mol. The molecule has 2 rings (SSSR count). The molecule has 0 atom stereocenters. The van der Waals surface area contributed by atoms with Crippen LogP contribution in [0.3, 0.4) is 0 Å². The minimum atomic E-state index is -2.15. The summed E-state index contributed by atoms with van der Waals surface area (Å²) in [6.45, 7) is 8.13. The second-order valence-electron chi connectivity index (χ2n) is 5.95. The van der Waals surface area contributed by atoms with E-state index >= 15 is 0 Å². The van der Waals surface area contributed by atoms with E-state index in [0.717, 1.165) is 11.2 Å². The summed E-state index contributed by atoms with van der Waals surface area (Å²) >= 11 is 0. The first-order chi connectivity index (χ1) is 7.89. The van der Waals surface area contributed by atoms with Gasteiger partial charge >= 0.3 is 0 Å². The molecule has 0 aromatic heterocycles. The number of hydrogen-bond donors (Lipinski definition) is 0. The topological polar surface area (TPSA) is 17.1 Å². The van der Waals surface area contributed by atoms with Gasteiger partial charge in [-0.05, 0) is 49.1 Å². The van der Waals surface area contributed by atoms with Gasteiger partial charge in [-0.25, -0.2) is 0 Å². The number of benzene rings is 1. The summed E-state index contributed by atoms with van der Waals surface area (Å²) in [7, 11) is -2.15. The molecule has 17 heavy (non-hydrogen) atoms. The van der Waals surface area contributed by atoms with Crippen molar-refractivity contribution in [3.63, 3.8) is 0 Å². The minimum absolute atomic E-state index is 0.457. The van der Waals surface area contributed by atoms with Crippen LogP contribution < -0.4 is 5.30 Å². The molecule has 94 valence electrons. The first kappa shape index (κ1) is 12.9. The molecule has 0 radical (unpaired) electrons. The molecule has 1 aromatic carbocycles. The second-order valence-corrected chi connectivity index (χ2v) is 9.14. The lowest BCUT2D eigenvalue weighted by Gasteiger charge is -2.27. The normalized spacial score (nSPS) is 17.2. The van der Waals surface area contributed by atoms with Crippen molar-refractivity contribution in [3.8, 4) is 0 Å². The fourth-order valence-electron chi connectivity index (χ4n) is 2.52. The molecule has 1 aromatic rings. The van der Waals surface area contributed by atoms with Crippen molar-refractivity contribution in [2.75, 3.05) is 13.3 Å². The fourth-order valence-corrected chi connectivity index (χ4v) is 3.90. The van der Waals surface area contributed by atoms with Crippen molar-refractivity contribution in [3.05, 3.63) is 29.3 Å². The van der Waals surface area contributed by atoms with Gasteiger partial charge in [0.05, 0.1) is 0 Å². The molecule has 0 unspecified atom stereocenters. The third-order valence-electron chi connectivity index (χ3n) is 3.83. The quantitative estimate of drug-likeness (QED) is 0.730. The zero-order valence-corrected chi connectivity index (χ0v) is 12.3. The molecule has 1 aliphatic carbocycles. The Hall–Kier alpha value is -0.550. The van der Waals surface area contributed by atoms with Crippen molar-refractivity contribution in [1.82, 2.24) is 0 Å². The van der Waals surface area contributed by atoms with E-state index in [1.54, 1.807) is 0 Å². The molecule has 0 heterocycles. The molecular formula is C15H23OP. The Labute approximate surface area is 105 Å². The molecule has 1 nitrogen and oxygen atoms in total. The van der Waals surface area contributed by atoms with Gasteiger partial charge in [0.1, 0.15) is 7.14 Å². The zero-order valence-electron chi connectivity index (χ0n) is 11.4. The largest absolute Gasteiger partial charge is 0.319 e. The van der Waals surface area contributed by atoms with Crippen LogP contribution in [0.15, 0.2) is 18.2 Å². The molecule has 0 N–H and O–H groups in total. The van der Waals surface area contributed by atoms with Gasteiger partial charge in [0.15, 0.2) is 0 Å². The van der Waals surface area contributed by atoms with Crippen LogP contribution >= 0.6 is 7.14 Å². The molecule has 1 fully saturated rings. The van der Waals surface area contributed by atoms with Gasteiger partial charge < -0.3 is 4.57 Å². The van der Waals surface area contributed by atoms with Crippen molar-refractivity contribution in [2.24, 2.45) is 0 Å². The van der Waals surface area contributed by atoms with Crippen LogP contribution in [0.5, 0.6) is 0 Å². The van der Waals surface area contributed by atoms with Gasteiger partial charge in [0, 0.05) is 5.30 Å². The summed E-state index contributed by atoms with van der Waals surface area (Å²) in [5.74, 6) is 1.22. The Morgan fingerprint density at radius 1 is 1.24 bits per heavy atom. The smallest absolute Gasteiger partial charge is 0.110 e. The van der Waals surface area contributed by atoms with Gasteiger partial charge in [-0.1, -0.05) is 38.5 Å². The van der Waals surface area contributed by atoms with Gasteiger partial charge in [-0.15, -0.1) is 0 Å². The Kier molecular flexibility index (Phi) is 3.50. The van der Waals surface area contributed by atoms with Gasteiger partial charge in [0.25, 0.3) is 0 Å². The summed E-state index contributed by atoms with van der Waals surface area (Å²) in [6.07, 6.45) is 4.02. The van der Waals surface area contributed by atoms with E-state index < -0.39 is 7.14 Å². The highest BCUT2D eigenvalue weighted by atomic mass is 31.2. The molecule has 1 saturated carbocycles. The van der Waals surface area contributed by atoms with E-state index in [1.807, 2.05) is 13.3 Å². The summed E-state index contributed by atoms with van der Waals surface area (Å²) < 4.78 is 12.3. The second kappa shape index (κ2) is 4.61. The Balaban J connectivity index is 2.44. The maximum atomic E-state index is 12.3. The minimum Gasteiger partial charge on any atom is -0.319 e. The van der Waals surface area contributed by atoms with Crippen LogP contribution in [0.4, 0.5) is 0 Å². The number of hydrogen-bond acceptors (Lipinski definition) is 1. The maximum Gasteiger partial charge on any atom is 0.110 e. The Morgan fingerprint density at radius 2 is 1.88 bits per heavy atom. The van der Waals surface area contributed by atoms with E-state index in [-0.39, 0.29) is 0 Å². The van der Waals surface area contributed by atoms with Crippen LogP contribution in [0.25, 0.3) is 0 Å². The summed E-state index contributed by atoms with van der Waals surface area (Å²) in [5.41, 5.74) is 2.75. The molecule has 1 aliphatic rings. The SMILES string of the molecule is CC(C)c1cc(C2CCC2)ccc1P(C)(C)=O. The molecule has 0 amide bonds. The van der Waals surface area contributed by atoms with Crippen molar-refractivity contribution in [1.29, 1.82) is 0 Å². The Bertz CT molecular complexity index is 452. The van der Waals surface area contributed by atoms with E-state index in [1.165, 1.54) is 30.4 Å². The monoisotopic (exact) mass is 250 g/mol. The lowest BCUT2D eigenvalue weighted by atomic mass is 9.79. The first-order valence-corrected chi connectivity index (χ1v) is 9.19. The van der Waals surface area contributed by atoms with Crippen LogP contribution in [-0.4, -0.2) is 13.3 Å². The molecule has 2 heteroatoms. The standard InChI is InChI=1S/C15H23OP/c1-11(2)14-10-13(12-6-5-7-12)8-9-15(14)17(3,4)16/h8-12H,5-7H2,1-4H3. The van der Waals surface area contributed by atoms with Crippen LogP contribution in [-0.2, 0) is 4.57 Å². The lowest BCUT2D eigenvalue weighted by Crippen LogP contribution is -2.15. The molecule has 0 aliphatic heterocycles. The lowest BCUT2D eigenvalue weighted by molar-refractivity contribution is 0.419. The van der Waals surface area contributed by atoms with E-state index in [4.69, 9.17) is 0 Å². The van der Waals surface area contributed by atoms with Crippen molar-refractivity contribution >= 4 is 12.4 Å². The third-order valence-corrected chi connectivity index (χ3v) is 5.40. The Morgan fingerprint density at radius 3 is 2.29 bits per heavy atom. The van der Waals surface area contributed by atoms with Crippen LogP contribution in [0, 0.1) is 0 Å². The highest BCUT2D eigenvalue weighted by molar-refractivity contribution is 7.70. The van der Waals surface area contributed by atoms with Crippen LogP contribution in [0.2, 0.25) is 0 Å².